The number of rotatable bonds is 5. The van der Waals surface area contributed by atoms with E-state index in [2.05, 4.69) is 20.6 Å². The van der Waals surface area contributed by atoms with Gasteiger partial charge in [0.05, 0.1) is 11.9 Å². The van der Waals surface area contributed by atoms with Crippen LogP contribution in [0.4, 0.5) is 0 Å². The molecule has 0 saturated heterocycles. The highest BCUT2D eigenvalue weighted by Crippen LogP contribution is 2.31. The van der Waals surface area contributed by atoms with Crippen LogP contribution < -0.4 is 5.32 Å². The first-order chi connectivity index (χ1) is 12.4. The topological polar surface area (TPSA) is 93.0 Å². The van der Waals surface area contributed by atoms with Gasteiger partial charge in [0, 0.05) is 20.3 Å². The Bertz CT molecular complexity index is 808. The molecule has 26 heavy (non-hydrogen) atoms. The van der Waals surface area contributed by atoms with Crippen LogP contribution in [0.5, 0.6) is 0 Å². The fourth-order valence-corrected chi connectivity index (χ4v) is 3.49. The van der Waals surface area contributed by atoms with E-state index in [0.29, 0.717) is 18.5 Å². The van der Waals surface area contributed by atoms with Gasteiger partial charge >= 0.3 is 0 Å². The van der Waals surface area contributed by atoms with E-state index in [4.69, 9.17) is 0 Å². The molecule has 2 aromatic heterocycles. The summed E-state index contributed by atoms with van der Waals surface area (Å²) in [6.45, 7) is 1.96. The van der Waals surface area contributed by atoms with Crippen LogP contribution in [0.3, 0.4) is 0 Å². The number of hydrogen-bond acceptors (Lipinski definition) is 5. The number of carbonyl (C=O) groups excluding carboxylic acids is 2. The van der Waals surface area contributed by atoms with Crippen molar-refractivity contribution < 1.29 is 9.59 Å². The molecule has 0 atom stereocenters. The molecule has 8 nitrogen and oxygen atoms in total. The van der Waals surface area contributed by atoms with Gasteiger partial charge in [0.2, 0.25) is 11.8 Å². The number of hydrogen-bond donors (Lipinski definition) is 1. The molecule has 1 aliphatic carbocycles. The maximum absolute atomic E-state index is 12.5. The van der Waals surface area contributed by atoms with Gasteiger partial charge in [0.25, 0.3) is 0 Å². The summed E-state index contributed by atoms with van der Waals surface area (Å²) < 4.78 is 1.47. The molecule has 0 aliphatic heterocycles. The molecule has 2 heterocycles. The highest BCUT2D eigenvalue weighted by Gasteiger charge is 2.43. The molecule has 0 aromatic carbocycles. The summed E-state index contributed by atoms with van der Waals surface area (Å²) in [6.07, 6.45) is 6.62. The minimum Gasteiger partial charge on any atom is -0.347 e. The Morgan fingerprint density at radius 2 is 2.04 bits per heavy atom. The molecule has 2 aromatic rings. The van der Waals surface area contributed by atoms with Crippen molar-refractivity contribution in [3.8, 4) is 11.4 Å². The maximum atomic E-state index is 12.5. The van der Waals surface area contributed by atoms with Gasteiger partial charge < -0.3 is 10.2 Å². The summed E-state index contributed by atoms with van der Waals surface area (Å²) in [5.41, 5.74) is 1.57. The Balaban J connectivity index is 1.71. The third-order valence-corrected chi connectivity index (χ3v) is 4.75. The van der Waals surface area contributed by atoms with Gasteiger partial charge in [-0.3, -0.25) is 14.6 Å². The van der Waals surface area contributed by atoms with Gasteiger partial charge in [-0.05, 0) is 31.4 Å². The Labute approximate surface area is 152 Å². The van der Waals surface area contributed by atoms with Gasteiger partial charge in [-0.15, -0.1) is 5.10 Å². The molecule has 138 valence electrons. The smallest absolute Gasteiger partial charge is 0.247 e. The zero-order valence-electron chi connectivity index (χ0n) is 15.4. The zero-order chi connectivity index (χ0) is 18.7. The lowest BCUT2D eigenvalue weighted by Gasteiger charge is -2.31. The number of pyridine rings is 1. The summed E-state index contributed by atoms with van der Waals surface area (Å²) in [7, 11) is 3.43. The number of carbonyl (C=O) groups is 2. The van der Waals surface area contributed by atoms with E-state index in [1.54, 1.807) is 31.4 Å². The summed E-state index contributed by atoms with van der Waals surface area (Å²) in [4.78, 5) is 30.9. The summed E-state index contributed by atoms with van der Waals surface area (Å²) in [6, 6.07) is 3.81. The van der Waals surface area contributed by atoms with Gasteiger partial charge in [-0.2, -0.15) is 0 Å². The van der Waals surface area contributed by atoms with E-state index in [0.717, 1.165) is 24.1 Å². The second-order valence-corrected chi connectivity index (χ2v) is 7.01. The van der Waals surface area contributed by atoms with Crippen LogP contribution in [0.15, 0.2) is 24.5 Å². The highest BCUT2D eigenvalue weighted by atomic mass is 16.2. The molecule has 8 heteroatoms. The van der Waals surface area contributed by atoms with Crippen molar-refractivity contribution in [1.29, 1.82) is 0 Å². The molecular formula is C18H24N6O2. The number of nitrogens with zero attached hydrogens (tertiary/aromatic N) is 5. The van der Waals surface area contributed by atoms with E-state index in [1.807, 2.05) is 19.1 Å². The van der Waals surface area contributed by atoms with E-state index < -0.39 is 5.54 Å². The molecule has 3 rings (SSSR count). The minimum atomic E-state index is -0.790. The number of amides is 2. The summed E-state index contributed by atoms with van der Waals surface area (Å²) in [5, 5.41) is 11.1. The molecule has 2 amide bonds. The molecular weight excluding hydrogens is 332 g/mol. The van der Waals surface area contributed by atoms with Crippen LogP contribution in [0, 0.1) is 6.92 Å². The normalized spacial score (nSPS) is 15.7. The standard InChI is InChI=1S/C18H24N6O2/c1-13-7-6-10-19-16(13)14-11-24(22-21-14)12-15(25)20-18(8-4-5-9-18)17(26)23(2)3/h6-7,10-11H,4-5,8-9,12H2,1-3H3,(H,20,25). The second-order valence-electron chi connectivity index (χ2n) is 7.01. The monoisotopic (exact) mass is 356 g/mol. The van der Waals surface area contributed by atoms with E-state index in [1.165, 1.54) is 4.68 Å². The Kier molecular flexibility index (Phi) is 5.01. The van der Waals surface area contributed by atoms with Crippen LogP contribution in [-0.2, 0) is 16.1 Å². The molecule has 1 N–H and O–H groups in total. The molecule has 0 radical (unpaired) electrons. The fourth-order valence-electron chi connectivity index (χ4n) is 3.49. The number of aromatic nitrogens is 4. The quantitative estimate of drug-likeness (QED) is 0.868. The lowest BCUT2D eigenvalue weighted by atomic mass is 9.95. The first-order valence-corrected chi connectivity index (χ1v) is 8.76. The number of aryl methyl sites for hydroxylation is 1. The van der Waals surface area contributed by atoms with Gasteiger partial charge in [-0.25, -0.2) is 4.68 Å². The predicted octanol–water partition coefficient (Wildman–Crippen LogP) is 1.17. The molecule has 1 aliphatic rings. The van der Waals surface area contributed by atoms with Crippen LogP contribution in [-0.4, -0.2) is 56.3 Å². The van der Waals surface area contributed by atoms with Gasteiger partial charge in [0.1, 0.15) is 17.8 Å². The van der Waals surface area contributed by atoms with E-state index in [-0.39, 0.29) is 18.4 Å². The van der Waals surface area contributed by atoms with Crippen molar-refractivity contribution >= 4 is 11.8 Å². The fraction of sp³-hybridized carbons (Fsp3) is 0.500. The first kappa shape index (κ1) is 18.0. The predicted molar refractivity (Wildman–Crippen MR) is 96.0 cm³/mol. The lowest BCUT2D eigenvalue weighted by molar-refractivity contribution is -0.139. The summed E-state index contributed by atoms with van der Waals surface area (Å²) >= 11 is 0. The van der Waals surface area contributed by atoms with Crippen LogP contribution in [0.1, 0.15) is 31.2 Å². The zero-order valence-corrected chi connectivity index (χ0v) is 15.4. The van der Waals surface area contributed by atoms with Gasteiger partial charge in [0.15, 0.2) is 0 Å². The SMILES string of the molecule is Cc1cccnc1-c1cn(CC(=O)NC2(C(=O)N(C)C)CCCC2)nn1. The largest absolute Gasteiger partial charge is 0.347 e. The Morgan fingerprint density at radius 3 is 2.69 bits per heavy atom. The van der Waals surface area contributed by atoms with Crippen molar-refractivity contribution in [2.45, 2.75) is 44.7 Å². The molecule has 0 spiro atoms. The van der Waals surface area contributed by atoms with Crippen LogP contribution >= 0.6 is 0 Å². The van der Waals surface area contributed by atoms with Crippen molar-refractivity contribution in [2.75, 3.05) is 14.1 Å². The van der Waals surface area contributed by atoms with Crippen LogP contribution in [0.25, 0.3) is 11.4 Å². The molecule has 0 bridgehead atoms. The third-order valence-electron chi connectivity index (χ3n) is 4.75. The second kappa shape index (κ2) is 7.23. The minimum absolute atomic E-state index is 0.0152. The maximum Gasteiger partial charge on any atom is 0.247 e. The first-order valence-electron chi connectivity index (χ1n) is 8.76. The average Bonchev–Trinajstić information content (AvgIpc) is 3.25. The molecule has 1 fully saturated rings. The summed E-state index contributed by atoms with van der Waals surface area (Å²) in [5.74, 6) is -0.289. The van der Waals surface area contributed by atoms with E-state index in [9.17, 15) is 9.59 Å². The number of likely N-dealkylation sites (N-methyl/N-ethyl adjacent to an activating group) is 1. The molecule has 0 unspecified atom stereocenters. The van der Waals surface area contributed by atoms with Crippen molar-refractivity contribution in [3.63, 3.8) is 0 Å². The van der Waals surface area contributed by atoms with Crippen molar-refractivity contribution in [2.24, 2.45) is 0 Å². The Hall–Kier alpha value is -2.77. The third kappa shape index (κ3) is 3.58. The lowest BCUT2D eigenvalue weighted by Crippen LogP contribution is -2.57. The average molecular weight is 356 g/mol. The highest BCUT2D eigenvalue weighted by molar-refractivity contribution is 5.91. The van der Waals surface area contributed by atoms with E-state index >= 15 is 0 Å². The van der Waals surface area contributed by atoms with Crippen LogP contribution in [0.2, 0.25) is 0 Å². The molecule has 1 saturated carbocycles. The number of nitrogens with one attached hydrogen (secondary N) is 1. The van der Waals surface area contributed by atoms with Gasteiger partial charge in [-0.1, -0.05) is 24.1 Å². The van der Waals surface area contributed by atoms with Crippen molar-refractivity contribution in [3.05, 3.63) is 30.1 Å². The Morgan fingerprint density at radius 1 is 1.31 bits per heavy atom. The van der Waals surface area contributed by atoms with Crippen molar-refractivity contribution in [1.82, 2.24) is 30.2 Å².